The highest BCUT2D eigenvalue weighted by Gasteiger charge is 2.18. The summed E-state index contributed by atoms with van der Waals surface area (Å²) in [6, 6.07) is 3.90. The van der Waals surface area contributed by atoms with Crippen molar-refractivity contribution in [2.75, 3.05) is 7.11 Å². The van der Waals surface area contributed by atoms with Gasteiger partial charge in [0, 0.05) is 10.8 Å². The van der Waals surface area contributed by atoms with E-state index in [-0.39, 0.29) is 0 Å². The second kappa shape index (κ2) is 4.12. The summed E-state index contributed by atoms with van der Waals surface area (Å²) in [6.07, 6.45) is 0. The summed E-state index contributed by atoms with van der Waals surface area (Å²) in [5.74, 6) is 1.15. The first-order valence-electron chi connectivity index (χ1n) is 4.69. The van der Waals surface area contributed by atoms with Crippen LogP contribution in [-0.2, 0) is 0 Å². The van der Waals surface area contributed by atoms with Crippen LogP contribution in [0.4, 0.5) is 0 Å². The molecule has 0 fully saturated rings. The van der Waals surface area contributed by atoms with E-state index in [9.17, 15) is 5.11 Å². The third-order valence-corrected chi connectivity index (χ3v) is 5.81. The first-order valence-corrected chi connectivity index (χ1v) is 7.90. The SMILES string of the molecule is COc1c2cc(Br)sc2c(O)c2cc(Br)sc12. The van der Waals surface area contributed by atoms with E-state index in [4.69, 9.17) is 4.74 Å². The van der Waals surface area contributed by atoms with Gasteiger partial charge in [-0.3, -0.25) is 0 Å². The zero-order chi connectivity index (χ0) is 12.2. The molecule has 0 saturated carbocycles. The molecule has 0 atom stereocenters. The van der Waals surface area contributed by atoms with Crippen molar-refractivity contribution < 1.29 is 9.84 Å². The molecule has 0 radical (unpaired) electrons. The number of ether oxygens (including phenoxy) is 1. The maximum absolute atomic E-state index is 10.3. The Morgan fingerprint density at radius 3 is 2.29 bits per heavy atom. The Kier molecular flexibility index (Phi) is 2.85. The third kappa shape index (κ3) is 1.69. The normalized spacial score (nSPS) is 11.5. The predicted molar refractivity (Wildman–Crippen MR) is 80.8 cm³/mol. The van der Waals surface area contributed by atoms with Gasteiger partial charge in [-0.15, -0.1) is 22.7 Å². The Balaban J connectivity index is 2.60. The van der Waals surface area contributed by atoms with Crippen molar-refractivity contribution in [3.8, 4) is 11.5 Å². The molecule has 1 N–H and O–H groups in total. The maximum Gasteiger partial charge on any atom is 0.145 e. The van der Waals surface area contributed by atoms with Crippen molar-refractivity contribution in [1.82, 2.24) is 0 Å². The van der Waals surface area contributed by atoms with E-state index in [2.05, 4.69) is 31.9 Å². The molecule has 1 aromatic carbocycles. The number of benzene rings is 1. The van der Waals surface area contributed by atoms with Gasteiger partial charge in [0.1, 0.15) is 11.5 Å². The molecule has 0 amide bonds. The molecule has 3 rings (SSSR count). The van der Waals surface area contributed by atoms with Crippen molar-refractivity contribution in [2.24, 2.45) is 0 Å². The predicted octanol–water partition coefficient (Wildman–Crippen LogP) is 5.36. The summed E-state index contributed by atoms with van der Waals surface area (Å²) >= 11 is 9.96. The van der Waals surface area contributed by atoms with E-state index in [1.54, 1.807) is 18.4 Å². The van der Waals surface area contributed by atoms with Crippen LogP contribution in [-0.4, -0.2) is 12.2 Å². The molecule has 0 saturated heterocycles. The van der Waals surface area contributed by atoms with Gasteiger partial charge in [-0.2, -0.15) is 0 Å². The number of methoxy groups -OCH3 is 1. The number of rotatable bonds is 1. The fraction of sp³-hybridized carbons (Fsp3) is 0.0909. The average Bonchev–Trinajstić information content (AvgIpc) is 2.83. The van der Waals surface area contributed by atoms with E-state index in [0.717, 1.165) is 33.5 Å². The van der Waals surface area contributed by atoms with E-state index in [0.29, 0.717) is 5.75 Å². The van der Waals surface area contributed by atoms with Crippen LogP contribution in [0.25, 0.3) is 20.2 Å². The molecule has 88 valence electrons. The summed E-state index contributed by atoms with van der Waals surface area (Å²) in [6.45, 7) is 0. The van der Waals surface area contributed by atoms with Crippen LogP contribution in [0, 0.1) is 0 Å². The standard InChI is InChI=1S/C11H6Br2O2S2/c1-15-9-5-3-7(13)16-10(5)8(14)4-2-6(12)17-11(4)9/h2-3,14H,1H3. The van der Waals surface area contributed by atoms with Crippen LogP contribution in [0.15, 0.2) is 19.7 Å². The molecule has 0 aliphatic rings. The fourth-order valence-corrected chi connectivity index (χ4v) is 5.05. The van der Waals surface area contributed by atoms with Crippen LogP contribution < -0.4 is 4.74 Å². The Labute approximate surface area is 122 Å². The highest BCUT2D eigenvalue weighted by molar-refractivity contribution is 9.11. The van der Waals surface area contributed by atoms with Crippen LogP contribution in [0.2, 0.25) is 0 Å². The highest BCUT2D eigenvalue weighted by Crippen LogP contribution is 2.50. The van der Waals surface area contributed by atoms with Gasteiger partial charge in [0.05, 0.1) is 24.1 Å². The highest BCUT2D eigenvalue weighted by atomic mass is 79.9. The van der Waals surface area contributed by atoms with Gasteiger partial charge in [-0.1, -0.05) is 0 Å². The second-order valence-corrected chi connectivity index (χ2v) is 8.33. The van der Waals surface area contributed by atoms with Crippen molar-refractivity contribution >= 4 is 74.7 Å². The lowest BCUT2D eigenvalue weighted by Crippen LogP contribution is -1.83. The molecule has 2 nitrogen and oxygen atoms in total. The van der Waals surface area contributed by atoms with Crippen molar-refractivity contribution in [3.63, 3.8) is 0 Å². The molecule has 3 aromatic rings. The monoisotopic (exact) mass is 392 g/mol. The molecule has 0 unspecified atom stereocenters. The zero-order valence-corrected chi connectivity index (χ0v) is 13.4. The molecule has 0 aliphatic heterocycles. The Bertz CT molecular complexity index is 672. The average molecular weight is 394 g/mol. The number of hydrogen-bond donors (Lipinski definition) is 1. The lowest BCUT2D eigenvalue weighted by molar-refractivity contribution is 0.424. The van der Waals surface area contributed by atoms with Gasteiger partial charge < -0.3 is 9.84 Å². The molecule has 0 aliphatic carbocycles. The van der Waals surface area contributed by atoms with Crippen molar-refractivity contribution in [1.29, 1.82) is 0 Å². The van der Waals surface area contributed by atoms with E-state index < -0.39 is 0 Å². The molecule has 6 heteroatoms. The van der Waals surface area contributed by atoms with Crippen molar-refractivity contribution in [3.05, 3.63) is 19.7 Å². The maximum atomic E-state index is 10.3. The Morgan fingerprint density at radius 2 is 1.65 bits per heavy atom. The number of hydrogen-bond acceptors (Lipinski definition) is 4. The van der Waals surface area contributed by atoms with Gasteiger partial charge in [0.15, 0.2) is 0 Å². The van der Waals surface area contributed by atoms with Crippen LogP contribution in [0.3, 0.4) is 0 Å². The Morgan fingerprint density at radius 1 is 1.06 bits per heavy atom. The van der Waals surface area contributed by atoms with Crippen LogP contribution in [0.5, 0.6) is 11.5 Å². The minimum absolute atomic E-state index is 0.327. The molecule has 0 spiro atoms. The second-order valence-electron chi connectivity index (χ2n) is 3.47. The number of thiophene rings is 2. The summed E-state index contributed by atoms with van der Waals surface area (Å²) in [5.41, 5.74) is 0. The van der Waals surface area contributed by atoms with E-state index in [1.807, 2.05) is 12.1 Å². The largest absolute Gasteiger partial charge is 0.506 e. The number of aromatic hydroxyl groups is 1. The summed E-state index contributed by atoms with van der Waals surface area (Å²) in [4.78, 5) is 0. The number of phenols is 1. The molecule has 17 heavy (non-hydrogen) atoms. The number of fused-ring (bicyclic) bond motifs is 2. The molecular weight excluding hydrogens is 388 g/mol. The smallest absolute Gasteiger partial charge is 0.145 e. The van der Waals surface area contributed by atoms with E-state index in [1.165, 1.54) is 11.3 Å². The quantitative estimate of drug-likeness (QED) is 0.603. The van der Waals surface area contributed by atoms with Gasteiger partial charge in [-0.05, 0) is 44.0 Å². The van der Waals surface area contributed by atoms with Gasteiger partial charge in [0.25, 0.3) is 0 Å². The fourth-order valence-electron chi connectivity index (χ4n) is 1.86. The lowest BCUT2D eigenvalue weighted by atomic mass is 10.2. The number of phenolic OH excluding ortho intramolecular Hbond substituents is 1. The molecule has 2 aromatic heterocycles. The van der Waals surface area contributed by atoms with Crippen molar-refractivity contribution in [2.45, 2.75) is 0 Å². The molecular formula is C11H6Br2O2S2. The zero-order valence-electron chi connectivity index (χ0n) is 8.58. The van der Waals surface area contributed by atoms with Gasteiger partial charge in [-0.25, -0.2) is 0 Å². The minimum atomic E-state index is 0.327. The first kappa shape index (κ1) is 11.8. The van der Waals surface area contributed by atoms with Gasteiger partial charge >= 0.3 is 0 Å². The van der Waals surface area contributed by atoms with Gasteiger partial charge in [0.2, 0.25) is 0 Å². The van der Waals surface area contributed by atoms with Crippen LogP contribution in [0.1, 0.15) is 0 Å². The minimum Gasteiger partial charge on any atom is -0.506 e. The Hall–Kier alpha value is -0.300. The number of halogens is 2. The third-order valence-electron chi connectivity index (χ3n) is 2.53. The lowest BCUT2D eigenvalue weighted by Gasteiger charge is -2.05. The molecule has 0 bridgehead atoms. The topological polar surface area (TPSA) is 29.5 Å². The summed E-state index contributed by atoms with van der Waals surface area (Å²) in [7, 11) is 1.66. The summed E-state index contributed by atoms with van der Waals surface area (Å²) in [5, 5.41) is 12.1. The first-order chi connectivity index (χ1) is 8.11. The van der Waals surface area contributed by atoms with Crippen LogP contribution >= 0.6 is 54.5 Å². The van der Waals surface area contributed by atoms with E-state index >= 15 is 0 Å². The molecule has 2 heterocycles. The summed E-state index contributed by atoms with van der Waals surface area (Å²) < 4.78 is 9.28.